The largest absolute Gasteiger partial charge is 0.497 e. The van der Waals surface area contributed by atoms with E-state index >= 15 is 0 Å². The van der Waals surface area contributed by atoms with E-state index < -0.39 is 0 Å². The highest BCUT2D eigenvalue weighted by Gasteiger charge is 2.13. The normalized spacial score (nSPS) is 15.8. The van der Waals surface area contributed by atoms with Crippen molar-refractivity contribution in [2.75, 3.05) is 39.0 Å². The molecule has 0 unspecified atom stereocenters. The summed E-state index contributed by atoms with van der Waals surface area (Å²) < 4.78 is 5.12. The second-order valence-corrected chi connectivity index (χ2v) is 5.11. The van der Waals surface area contributed by atoms with E-state index in [9.17, 15) is 4.79 Å². The molecule has 1 heterocycles. The van der Waals surface area contributed by atoms with Gasteiger partial charge < -0.3 is 20.7 Å². The zero-order chi connectivity index (χ0) is 14.4. The number of anilines is 1. The van der Waals surface area contributed by atoms with Crippen molar-refractivity contribution in [1.29, 1.82) is 0 Å². The van der Waals surface area contributed by atoms with Crippen LogP contribution in [0.4, 0.5) is 5.69 Å². The van der Waals surface area contributed by atoms with Gasteiger partial charge in [0.2, 0.25) is 0 Å². The molecular formula is C15H23N3O2. The van der Waals surface area contributed by atoms with E-state index in [2.05, 4.69) is 10.2 Å². The summed E-state index contributed by atoms with van der Waals surface area (Å²) >= 11 is 0. The predicted molar refractivity (Wildman–Crippen MR) is 80.0 cm³/mol. The van der Waals surface area contributed by atoms with Gasteiger partial charge in [-0.3, -0.25) is 4.79 Å². The molecule has 0 radical (unpaired) electrons. The molecule has 1 fully saturated rings. The van der Waals surface area contributed by atoms with E-state index in [0.29, 0.717) is 23.5 Å². The van der Waals surface area contributed by atoms with E-state index in [1.54, 1.807) is 25.3 Å². The predicted octanol–water partition coefficient (Wildman–Crippen LogP) is 1.49. The van der Waals surface area contributed by atoms with Gasteiger partial charge in [-0.1, -0.05) is 6.42 Å². The van der Waals surface area contributed by atoms with E-state index in [1.165, 1.54) is 19.3 Å². The highest BCUT2D eigenvalue weighted by atomic mass is 16.5. The van der Waals surface area contributed by atoms with Crippen LogP contribution in [-0.4, -0.2) is 44.1 Å². The zero-order valence-electron chi connectivity index (χ0n) is 12.0. The number of carbonyl (C=O) groups excluding carboxylic acids is 1. The molecule has 0 aromatic heterocycles. The van der Waals surface area contributed by atoms with Crippen LogP contribution in [0, 0.1) is 0 Å². The Morgan fingerprint density at radius 3 is 2.80 bits per heavy atom. The third-order valence-electron chi connectivity index (χ3n) is 3.67. The van der Waals surface area contributed by atoms with Gasteiger partial charge in [-0.15, -0.1) is 0 Å². The average molecular weight is 277 g/mol. The van der Waals surface area contributed by atoms with Gasteiger partial charge in [0.05, 0.1) is 12.7 Å². The number of hydrogen-bond donors (Lipinski definition) is 2. The Labute approximate surface area is 120 Å². The molecule has 110 valence electrons. The first-order chi connectivity index (χ1) is 9.70. The summed E-state index contributed by atoms with van der Waals surface area (Å²) in [5.41, 5.74) is 6.78. The minimum atomic E-state index is -0.140. The van der Waals surface area contributed by atoms with E-state index in [0.717, 1.165) is 19.6 Å². The number of benzene rings is 1. The van der Waals surface area contributed by atoms with Crippen molar-refractivity contribution in [1.82, 2.24) is 10.2 Å². The van der Waals surface area contributed by atoms with Crippen LogP contribution in [-0.2, 0) is 0 Å². The molecule has 1 aliphatic rings. The Hall–Kier alpha value is -1.75. The molecule has 0 atom stereocenters. The third kappa shape index (κ3) is 3.87. The molecule has 2 rings (SSSR count). The number of ether oxygens (including phenoxy) is 1. The molecule has 20 heavy (non-hydrogen) atoms. The molecule has 0 saturated carbocycles. The van der Waals surface area contributed by atoms with Crippen molar-refractivity contribution >= 4 is 11.6 Å². The minimum absolute atomic E-state index is 0.140. The fourth-order valence-corrected chi connectivity index (χ4v) is 2.46. The Morgan fingerprint density at radius 1 is 1.35 bits per heavy atom. The van der Waals surface area contributed by atoms with Crippen LogP contribution in [0.5, 0.6) is 5.75 Å². The standard InChI is InChI=1S/C15H23N3O2/c1-20-12-5-6-14(16)13(11-12)15(19)17-7-10-18-8-3-2-4-9-18/h5-6,11H,2-4,7-10,16H2,1H3,(H,17,19). The lowest BCUT2D eigenvalue weighted by molar-refractivity contribution is 0.0947. The van der Waals surface area contributed by atoms with Gasteiger partial charge >= 0.3 is 0 Å². The van der Waals surface area contributed by atoms with Gasteiger partial charge in [-0.05, 0) is 44.1 Å². The second kappa shape index (κ2) is 7.14. The Bertz CT molecular complexity index is 456. The van der Waals surface area contributed by atoms with Crippen molar-refractivity contribution in [3.05, 3.63) is 23.8 Å². The lowest BCUT2D eigenvalue weighted by Gasteiger charge is -2.26. The van der Waals surface area contributed by atoms with Crippen molar-refractivity contribution in [2.45, 2.75) is 19.3 Å². The number of hydrogen-bond acceptors (Lipinski definition) is 4. The molecule has 1 saturated heterocycles. The topological polar surface area (TPSA) is 67.6 Å². The number of carbonyl (C=O) groups is 1. The number of piperidine rings is 1. The molecule has 5 nitrogen and oxygen atoms in total. The Morgan fingerprint density at radius 2 is 2.10 bits per heavy atom. The number of likely N-dealkylation sites (tertiary alicyclic amines) is 1. The smallest absolute Gasteiger partial charge is 0.253 e. The molecule has 3 N–H and O–H groups in total. The summed E-state index contributed by atoms with van der Waals surface area (Å²) in [5, 5.41) is 2.92. The summed E-state index contributed by atoms with van der Waals surface area (Å²) in [6, 6.07) is 5.11. The first kappa shape index (κ1) is 14.7. The minimum Gasteiger partial charge on any atom is -0.497 e. The number of rotatable bonds is 5. The Kier molecular flexibility index (Phi) is 5.24. The molecule has 0 aliphatic carbocycles. The van der Waals surface area contributed by atoms with Gasteiger partial charge in [0, 0.05) is 18.8 Å². The van der Waals surface area contributed by atoms with E-state index in [1.807, 2.05) is 0 Å². The van der Waals surface area contributed by atoms with Crippen LogP contribution in [0.1, 0.15) is 29.6 Å². The average Bonchev–Trinajstić information content (AvgIpc) is 2.48. The molecule has 1 aromatic rings. The first-order valence-electron chi connectivity index (χ1n) is 7.15. The van der Waals surface area contributed by atoms with Gasteiger partial charge in [0.1, 0.15) is 5.75 Å². The molecular weight excluding hydrogens is 254 g/mol. The molecule has 5 heteroatoms. The molecule has 0 bridgehead atoms. The molecule has 1 aliphatic heterocycles. The zero-order valence-corrected chi connectivity index (χ0v) is 12.0. The number of nitrogen functional groups attached to an aromatic ring is 1. The quantitative estimate of drug-likeness (QED) is 0.800. The van der Waals surface area contributed by atoms with Gasteiger partial charge in [0.15, 0.2) is 0 Å². The number of nitrogens with zero attached hydrogens (tertiary/aromatic N) is 1. The van der Waals surface area contributed by atoms with Crippen molar-refractivity contribution in [2.24, 2.45) is 0 Å². The fraction of sp³-hybridized carbons (Fsp3) is 0.533. The van der Waals surface area contributed by atoms with E-state index in [-0.39, 0.29) is 5.91 Å². The number of methoxy groups -OCH3 is 1. The lowest BCUT2D eigenvalue weighted by atomic mass is 10.1. The highest BCUT2D eigenvalue weighted by molar-refractivity contribution is 5.99. The maximum atomic E-state index is 12.1. The summed E-state index contributed by atoms with van der Waals surface area (Å²) in [6.07, 6.45) is 3.84. The van der Waals surface area contributed by atoms with Crippen molar-refractivity contribution in [3.63, 3.8) is 0 Å². The van der Waals surface area contributed by atoms with Gasteiger partial charge in [-0.2, -0.15) is 0 Å². The number of nitrogens with one attached hydrogen (secondary N) is 1. The molecule has 0 spiro atoms. The maximum absolute atomic E-state index is 12.1. The monoisotopic (exact) mass is 277 g/mol. The molecule has 1 aromatic carbocycles. The van der Waals surface area contributed by atoms with Gasteiger partial charge in [0.25, 0.3) is 5.91 Å². The fourth-order valence-electron chi connectivity index (χ4n) is 2.46. The summed E-state index contributed by atoms with van der Waals surface area (Å²) in [7, 11) is 1.57. The van der Waals surface area contributed by atoms with Crippen LogP contribution in [0.25, 0.3) is 0 Å². The summed E-state index contributed by atoms with van der Waals surface area (Å²) in [5.74, 6) is 0.499. The Balaban J connectivity index is 1.84. The van der Waals surface area contributed by atoms with Gasteiger partial charge in [-0.25, -0.2) is 0 Å². The van der Waals surface area contributed by atoms with Crippen LogP contribution in [0.2, 0.25) is 0 Å². The van der Waals surface area contributed by atoms with Crippen LogP contribution < -0.4 is 15.8 Å². The number of amides is 1. The SMILES string of the molecule is COc1ccc(N)c(C(=O)NCCN2CCCCC2)c1. The summed E-state index contributed by atoms with van der Waals surface area (Å²) in [4.78, 5) is 14.5. The highest BCUT2D eigenvalue weighted by Crippen LogP contribution is 2.19. The molecule has 1 amide bonds. The first-order valence-corrected chi connectivity index (χ1v) is 7.15. The van der Waals surface area contributed by atoms with E-state index in [4.69, 9.17) is 10.5 Å². The van der Waals surface area contributed by atoms with Crippen molar-refractivity contribution in [3.8, 4) is 5.75 Å². The van der Waals surface area contributed by atoms with Crippen molar-refractivity contribution < 1.29 is 9.53 Å². The second-order valence-electron chi connectivity index (χ2n) is 5.11. The van der Waals surface area contributed by atoms with Crippen LogP contribution >= 0.6 is 0 Å². The lowest BCUT2D eigenvalue weighted by Crippen LogP contribution is -2.37. The number of nitrogens with two attached hydrogens (primary N) is 1. The third-order valence-corrected chi connectivity index (χ3v) is 3.67. The van der Waals surface area contributed by atoms with Crippen LogP contribution in [0.15, 0.2) is 18.2 Å². The summed E-state index contributed by atoms with van der Waals surface area (Å²) in [6.45, 7) is 3.82. The maximum Gasteiger partial charge on any atom is 0.253 e. The van der Waals surface area contributed by atoms with Crippen LogP contribution in [0.3, 0.4) is 0 Å².